The molecule has 0 atom stereocenters. The molecule has 0 saturated carbocycles. The van der Waals surface area contributed by atoms with Crippen molar-refractivity contribution in [2.75, 3.05) is 0 Å². The highest BCUT2D eigenvalue weighted by molar-refractivity contribution is 6.19. The van der Waals surface area contributed by atoms with Crippen LogP contribution in [0.3, 0.4) is 0 Å². The molecule has 224 valence electrons. The predicted molar refractivity (Wildman–Crippen MR) is 199 cm³/mol. The van der Waals surface area contributed by atoms with Gasteiger partial charge >= 0.3 is 0 Å². The normalized spacial score (nSPS) is 11.8. The quantitative estimate of drug-likeness (QED) is 0.198. The Balaban J connectivity index is 1.11. The number of fused-ring (bicyclic) bond motifs is 7. The van der Waals surface area contributed by atoms with E-state index in [-0.39, 0.29) is 0 Å². The van der Waals surface area contributed by atoms with Crippen LogP contribution in [-0.2, 0) is 0 Å². The summed E-state index contributed by atoms with van der Waals surface area (Å²) in [5.41, 5.74) is 13.0. The zero-order valence-corrected chi connectivity index (χ0v) is 26.0. The van der Waals surface area contributed by atoms with Crippen LogP contribution < -0.4 is 0 Å². The van der Waals surface area contributed by atoms with E-state index in [4.69, 9.17) is 9.97 Å². The molecule has 3 aromatic heterocycles. The largest absolute Gasteiger partial charge is 0.309 e. The van der Waals surface area contributed by atoms with Crippen molar-refractivity contribution in [1.82, 2.24) is 19.1 Å². The first-order chi connectivity index (χ1) is 23.8. The number of hydrogen-bond acceptors (Lipinski definition) is 2. The van der Waals surface area contributed by atoms with E-state index in [1.54, 1.807) is 0 Å². The molecule has 10 rings (SSSR count). The maximum absolute atomic E-state index is 4.99. The van der Waals surface area contributed by atoms with Crippen LogP contribution in [0.4, 0.5) is 0 Å². The Bertz CT molecular complexity index is 2810. The van der Waals surface area contributed by atoms with E-state index in [1.807, 2.05) is 12.3 Å². The lowest BCUT2D eigenvalue weighted by atomic mass is 10.0. The van der Waals surface area contributed by atoms with Gasteiger partial charge in [0.15, 0.2) is 0 Å². The van der Waals surface area contributed by atoms with Gasteiger partial charge in [-0.2, -0.15) is 0 Å². The van der Waals surface area contributed by atoms with E-state index >= 15 is 0 Å². The smallest absolute Gasteiger partial charge is 0.0894 e. The second-order valence-electron chi connectivity index (χ2n) is 12.3. The highest BCUT2D eigenvalue weighted by Gasteiger charge is 2.18. The number of benzene rings is 7. The summed E-state index contributed by atoms with van der Waals surface area (Å²) >= 11 is 0. The van der Waals surface area contributed by atoms with Crippen molar-refractivity contribution in [3.8, 4) is 33.8 Å². The molecule has 0 radical (unpaired) electrons. The number of aromatic nitrogens is 4. The van der Waals surface area contributed by atoms with Crippen LogP contribution in [0.5, 0.6) is 0 Å². The van der Waals surface area contributed by atoms with Crippen LogP contribution in [0.15, 0.2) is 170 Å². The van der Waals surface area contributed by atoms with Crippen molar-refractivity contribution < 1.29 is 0 Å². The van der Waals surface area contributed by atoms with E-state index in [1.165, 1.54) is 49.2 Å². The summed E-state index contributed by atoms with van der Waals surface area (Å²) in [5.74, 6) is 0. The third kappa shape index (κ3) is 4.10. The minimum Gasteiger partial charge on any atom is -0.309 e. The summed E-state index contributed by atoms with van der Waals surface area (Å²) in [5, 5.41) is 4.96. The Morgan fingerprint density at radius 2 is 0.896 bits per heavy atom. The zero-order chi connectivity index (χ0) is 31.6. The van der Waals surface area contributed by atoms with Gasteiger partial charge in [0, 0.05) is 38.5 Å². The van der Waals surface area contributed by atoms with Crippen molar-refractivity contribution >= 4 is 54.6 Å². The Morgan fingerprint density at radius 1 is 0.354 bits per heavy atom. The van der Waals surface area contributed by atoms with Gasteiger partial charge in [0.25, 0.3) is 0 Å². The van der Waals surface area contributed by atoms with Gasteiger partial charge < -0.3 is 9.13 Å². The van der Waals surface area contributed by atoms with Crippen LogP contribution in [-0.4, -0.2) is 19.1 Å². The fourth-order valence-electron chi connectivity index (χ4n) is 7.31. The Kier molecular flexibility index (Phi) is 5.84. The first-order valence-electron chi connectivity index (χ1n) is 16.2. The third-order valence-corrected chi connectivity index (χ3v) is 9.55. The van der Waals surface area contributed by atoms with Gasteiger partial charge in [-0.15, -0.1) is 0 Å². The number of para-hydroxylation sites is 3. The molecule has 0 unspecified atom stereocenters. The average molecular weight is 613 g/mol. The van der Waals surface area contributed by atoms with Gasteiger partial charge in [0.2, 0.25) is 0 Å². The number of hydrogen-bond donors (Lipinski definition) is 0. The fourth-order valence-corrected chi connectivity index (χ4v) is 7.31. The van der Waals surface area contributed by atoms with E-state index in [9.17, 15) is 0 Å². The molecule has 0 saturated heterocycles. The van der Waals surface area contributed by atoms with Crippen LogP contribution in [0.1, 0.15) is 0 Å². The highest BCUT2D eigenvalue weighted by Crippen LogP contribution is 2.39. The summed E-state index contributed by atoms with van der Waals surface area (Å²) in [6, 6.07) is 58.2. The Hall–Kier alpha value is -6.52. The molecular formula is C44H28N4. The third-order valence-electron chi connectivity index (χ3n) is 9.55. The molecule has 0 aliphatic heterocycles. The van der Waals surface area contributed by atoms with Gasteiger partial charge in [-0.1, -0.05) is 103 Å². The zero-order valence-electron chi connectivity index (χ0n) is 26.0. The minimum absolute atomic E-state index is 0.860. The maximum Gasteiger partial charge on any atom is 0.0894 e. The molecule has 3 heterocycles. The lowest BCUT2D eigenvalue weighted by Crippen LogP contribution is -1.95. The lowest BCUT2D eigenvalue weighted by molar-refractivity contribution is 1.17. The first-order valence-corrected chi connectivity index (χ1v) is 16.2. The highest BCUT2D eigenvalue weighted by atomic mass is 15.0. The van der Waals surface area contributed by atoms with Crippen molar-refractivity contribution in [1.29, 1.82) is 0 Å². The molecule has 0 aliphatic rings. The molecule has 0 N–H and O–H groups in total. The monoisotopic (exact) mass is 612 g/mol. The molecular weight excluding hydrogens is 585 g/mol. The average Bonchev–Trinajstić information content (AvgIpc) is 3.66. The second-order valence-corrected chi connectivity index (χ2v) is 12.3. The molecule has 7 aromatic carbocycles. The van der Waals surface area contributed by atoms with E-state index in [0.717, 1.165) is 39.2 Å². The van der Waals surface area contributed by atoms with E-state index in [2.05, 4.69) is 167 Å². The van der Waals surface area contributed by atoms with Crippen molar-refractivity contribution in [3.05, 3.63) is 170 Å². The Morgan fingerprint density at radius 3 is 1.54 bits per heavy atom. The summed E-state index contributed by atoms with van der Waals surface area (Å²) in [7, 11) is 0. The molecule has 0 bridgehead atoms. The fraction of sp³-hybridized carbons (Fsp3) is 0. The van der Waals surface area contributed by atoms with Crippen LogP contribution in [0.25, 0.3) is 88.4 Å². The SMILES string of the molecule is c1ccc(-c2ccc3nc(-c4ccc(-n5c6ccccc6c6cc7c(cc65)c5ccccc5n7-c5ccccc5)cc4)cnc3c2)cc1. The second kappa shape index (κ2) is 10.5. The molecule has 0 fully saturated rings. The van der Waals surface area contributed by atoms with E-state index < -0.39 is 0 Å². The van der Waals surface area contributed by atoms with Crippen molar-refractivity contribution in [2.24, 2.45) is 0 Å². The molecule has 0 amide bonds. The minimum atomic E-state index is 0.860. The van der Waals surface area contributed by atoms with Gasteiger partial charge in [0.05, 0.1) is 45.0 Å². The van der Waals surface area contributed by atoms with Crippen LogP contribution in [0, 0.1) is 0 Å². The summed E-state index contributed by atoms with van der Waals surface area (Å²) in [4.78, 5) is 9.80. The van der Waals surface area contributed by atoms with Crippen molar-refractivity contribution in [3.63, 3.8) is 0 Å². The Labute approximate surface area is 276 Å². The van der Waals surface area contributed by atoms with Crippen LogP contribution >= 0.6 is 0 Å². The molecule has 0 spiro atoms. The number of nitrogens with zero attached hydrogens (tertiary/aromatic N) is 4. The standard InChI is InChI=1S/C44H28N4/c1-3-11-29(12-4-1)31-21-24-38-39(25-31)45-28-40(46-38)30-19-22-33(23-20-30)48-42-18-10-8-16-35(42)37-26-43-36(27-44(37)48)34-15-7-9-17-41(34)47(43)32-13-5-2-6-14-32/h1-28H. The molecule has 48 heavy (non-hydrogen) atoms. The lowest BCUT2D eigenvalue weighted by Gasteiger charge is -2.10. The maximum atomic E-state index is 4.99. The van der Waals surface area contributed by atoms with E-state index in [0.29, 0.717) is 0 Å². The van der Waals surface area contributed by atoms with Gasteiger partial charge in [-0.3, -0.25) is 4.98 Å². The van der Waals surface area contributed by atoms with Crippen LogP contribution in [0.2, 0.25) is 0 Å². The topological polar surface area (TPSA) is 35.6 Å². The number of rotatable bonds is 4. The molecule has 10 aromatic rings. The van der Waals surface area contributed by atoms with Crippen molar-refractivity contribution in [2.45, 2.75) is 0 Å². The summed E-state index contributed by atoms with van der Waals surface area (Å²) in [6.07, 6.45) is 1.88. The molecule has 4 heteroatoms. The molecule has 4 nitrogen and oxygen atoms in total. The van der Waals surface area contributed by atoms with Gasteiger partial charge in [0.1, 0.15) is 0 Å². The van der Waals surface area contributed by atoms with Gasteiger partial charge in [-0.05, 0) is 71.8 Å². The molecule has 0 aliphatic carbocycles. The van der Waals surface area contributed by atoms with Gasteiger partial charge in [-0.25, -0.2) is 4.98 Å². The summed E-state index contributed by atoms with van der Waals surface area (Å²) < 4.78 is 4.78. The summed E-state index contributed by atoms with van der Waals surface area (Å²) in [6.45, 7) is 0. The first kappa shape index (κ1) is 26.7. The predicted octanol–water partition coefficient (Wildman–Crippen LogP) is 11.2.